The second-order valence-electron chi connectivity index (χ2n) is 6.29. The van der Waals surface area contributed by atoms with E-state index < -0.39 is 5.60 Å². The molecule has 21 heavy (non-hydrogen) atoms. The maximum Gasteiger partial charge on any atom is 0.227 e. The van der Waals surface area contributed by atoms with Crippen LogP contribution in [0.2, 0.25) is 0 Å². The summed E-state index contributed by atoms with van der Waals surface area (Å²) in [5.41, 5.74) is 1.69. The molecule has 0 radical (unpaired) electrons. The fraction of sp³-hybridized carbons (Fsp3) is 0.533. The summed E-state index contributed by atoms with van der Waals surface area (Å²) in [6, 6.07) is 6.03. The van der Waals surface area contributed by atoms with Crippen LogP contribution >= 0.6 is 11.7 Å². The predicted octanol–water partition coefficient (Wildman–Crippen LogP) is 2.00. The Bertz CT molecular complexity index is 658. The first-order valence-electron chi connectivity index (χ1n) is 7.16. The molecule has 0 unspecified atom stereocenters. The van der Waals surface area contributed by atoms with Crippen LogP contribution < -0.4 is 0 Å². The first kappa shape index (κ1) is 14.4. The Morgan fingerprint density at radius 3 is 2.86 bits per heavy atom. The second kappa shape index (κ2) is 5.35. The van der Waals surface area contributed by atoms with Gasteiger partial charge in [0, 0.05) is 12.6 Å². The molecule has 0 aliphatic heterocycles. The van der Waals surface area contributed by atoms with Gasteiger partial charge in [-0.3, -0.25) is 4.79 Å². The van der Waals surface area contributed by atoms with E-state index in [1.54, 1.807) is 13.8 Å². The minimum absolute atomic E-state index is 0.0557. The topological polar surface area (TPSA) is 66.3 Å². The Labute approximate surface area is 127 Å². The Balaban J connectivity index is 1.79. The monoisotopic (exact) mass is 305 g/mol. The number of nitrogens with zero attached hydrogens (tertiary/aromatic N) is 3. The highest BCUT2D eigenvalue weighted by Crippen LogP contribution is 2.29. The third kappa shape index (κ3) is 3.39. The highest BCUT2D eigenvalue weighted by molar-refractivity contribution is 7.00. The summed E-state index contributed by atoms with van der Waals surface area (Å²) in [4.78, 5) is 14.4. The van der Waals surface area contributed by atoms with Gasteiger partial charge < -0.3 is 10.0 Å². The smallest absolute Gasteiger partial charge is 0.227 e. The predicted molar refractivity (Wildman–Crippen MR) is 82.2 cm³/mol. The molecule has 1 N–H and O–H groups in total. The van der Waals surface area contributed by atoms with Crippen molar-refractivity contribution < 1.29 is 9.90 Å². The number of carbonyl (C=O) groups excluding carboxylic acids is 1. The summed E-state index contributed by atoms with van der Waals surface area (Å²) in [6.45, 7) is 3.85. The molecule has 3 rings (SSSR count). The van der Waals surface area contributed by atoms with E-state index in [1.807, 2.05) is 23.1 Å². The van der Waals surface area contributed by atoms with Crippen molar-refractivity contribution in [2.75, 3.05) is 6.54 Å². The number of benzene rings is 1. The van der Waals surface area contributed by atoms with Crippen LogP contribution in [-0.4, -0.2) is 42.8 Å². The van der Waals surface area contributed by atoms with Crippen LogP contribution in [0.25, 0.3) is 11.0 Å². The van der Waals surface area contributed by atoms with Crippen LogP contribution in [0, 0.1) is 0 Å². The molecule has 5 nitrogen and oxygen atoms in total. The lowest BCUT2D eigenvalue weighted by Gasteiger charge is -2.29. The molecule has 0 spiro atoms. The third-order valence-corrected chi connectivity index (χ3v) is 4.12. The molecule has 6 heteroatoms. The maximum atomic E-state index is 12.6. The fourth-order valence-corrected chi connectivity index (χ4v) is 3.06. The first-order chi connectivity index (χ1) is 9.94. The Morgan fingerprint density at radius 2 is 2.19 bits per heavy atom. The number of rotatable bonds is 5. The highest BCUT2D eigenvalue weighted by atomic mass is 32.1. The normalized spacial score (nSPS) is 15.4. The van der Waals surface area contributed by atoms with Crippen LogP contribution in [0.4, 0.5) is 0 Å². The van der Waals surface area contributed by atoms with Gasteiger partial charge in [-0.1, -0.05) is 12.1 Å². The molecule has 1 aromatic heterocycles. The van der Waals surface area contributed by atoms with Gasteiger partial charge in [-0.05, 0) is 38.3 Å². The summed E-state index contributed by atoms with van der Waals surface area (Å²) >= 11 is 1.17. The van der Waals surface area contributed by atoms with Crippen LogP contribution in [0.1, 0.15) is 32.3 Å². The summed E-state index contributed by atoms with van der Waals surface area (Å²) in [5.74, 6) is 0.0557. The zero-order valence-corrected chi connectivity index (χ0v) is 13.1. The van der Waals surface area contributed by atoms with Crippen molar-refractivity contribution in [3.8, 4) is 0 Å². The highest BCUT2D eigenvalue weighted by Gasteiger charge is 2.35. The molecule has 0 atom stereocenters. The number of aromatic nitrogens is 2. The SMILES string of the molecule is CC(C)(O)CN(C(=O)Cc1cccc2nsnc12)C1CC1. The summed E-state index contributed by atoms with van der Waals surface area (Å²) in [5, 5.41) is 10.0. The van der Waals surface area contributed by atoms with Crippen molar-refractivity contribution in [1.82, 2.24) is 13.6 Å². The van der Waals surface area contributed by atoms with Crippen molar-refractivity contribution in [2.24, 2.45) is 0 Å². The number of carbonyl (C=O) groups is 1. The van der Waals surface area contributed by atoms with Gasteiger partial charge >= 0.3 is 0 Å². The van der Waals surface area contributed by atoms with Gasteiger partial charge in [0.15, 0.2) is 0 Å². The molecule has 0 saturated heterocycles. The molecule has 1 aliphatic carbocycles. The number of aliphatic hydroxyl groups is 1. The Morgan fingerprint density at radius 1 is 1.43 bits per heavy atom. The van der Waals surface area contributed by atoms with Gasteiger partial charge in [0.1, 0.15) is 11.0 Å². The minimum Gasteiger partial charge on any atom is -0.389 e. The van der Waals surface area contributed by atoms with Gasteiger partial charge in [0.25, 0.3) is 0 Å². The maximum absolute atomic E-state index is 12.6. The van der Waals surface area contributed by atoms with Gasteiger partial charge in [0.05, 0.1) is 23.8 Å². The van der Waals surface area contributed by atoms with Gasteiger partial charge in [-0.25, -0.2) is 0 Å². The number of fused-ring (bicyclic) bond motifs is 1. The van der Waals surface area contributed by atoms with Crippen LogP contribution in [-0.2, 0) is 11.2 Å². The lowest BCUT2D eigenvalue weighted by atomic mass is 10.1. The average molecular weight is 305 g/mol. The largest absolute Gasteiger partial charge is 0.389 e. The summed E-state index contributed by atoms with van der Waals surface area (Å²) in [6.07, 6.45) is 2.38. The standard InChI is InChI=1S/C15H19N3O2S/c1-15(2,20)9-18(11-6-7-11)13(19)8-10-4-3-5-12-14(10)17-21-16-12/h3-5,11,20H,6-9H2,1-2H3. The molecule has 1 aliphatic rings. The van der Waals surface area contributed by atoms with E-state index in [9.17, 15) is 9.90 Å². The second-order valence-corrected chi connectivity index (χ2v) is 6.82. The van der Waals surface area contributed by atoms with E-state index in [0.29, 0.717) is 13.0 Å². The number of hydrogen-bond acceptors (Lipinski definition) is 5. The molecule has 1 heterocycles. The van der Waals surface area contributed by atoms with E-state index in [2.05, 4.69) is 8.75 Å². The van der Waals surface area contributed by atoms with Gasteiger partial charge in [-0.2, -0.15) is 8.75 Å². The molecule has 2 aromatic rings. The summed E-state index contributed by atoms with van der Waals surface area (Å²) < 4.78 is 8.48. The van der Waals surface area contributed by atoms with E-state index in [-0.39, 0.29) is 11.9 Å². The Hall–Kier alpha value is -1.53. The van der Waals surface area contributed by atoms with Gasteiger partial charge in [-0.15, -0.1) is 0 Å². The van der Waals surface area contributed by atoms with Crippen LogP contribution in [0.3, 0.4) is 0 Å². The number of hydrogen-bond donors (Lipinski definition) is 1. The molecule has 112 valence electrons. The lowest BCUT2D eigenvalue weighted by Crippen LogP contribution is -2.44. The minimum atomic E-state index is -0.869. The molecule has 0 bridgehead atoms. The third-order valence-electron chi connectivity index (χ3n) is 3.58. The molecule has 1 fully saturated rings. The van der Waals surface area contributed by atoms with Crippen molar-refractivity contribution in [3.63, 3.8) is 0 Å². The molecular formula is C15H19N3O2S. The summed E-state index contributed by atoms with van der Waals surface area (Å²) in [7, 11) is 0. The zero-order chi connectivity index (χ0) is 15.0. The average Bonchev–Trinajstić information content (AvgIpc) is 3.12. The van der Waals surface area contributed by atoms with Gasteiger partial charge in [0.2, 0.25) is 5.91 Å². The number of amides is 1. The molecular weight excluding hydrogens is 286 g/mol. The van der Waals surface area contributed by atoms with Crippen molar-refractivity contribution in [3.05, 3.63) is 23.8 Å². The first-order valence-corrected chi connectivity index (χ1v) is 7.89. The van der Waals surface area contributed by atoms with Crippen LogP contribution in [0.5, 0.6) is 0 Å². The van der Waals surface area contributed by atoms with E-state index >= 15 is 0 Å². The quantitative estimate of drug-likeness (QED) is 0.917. The van der Waals surface area contributed by atoms with Crippen LogP contribution in [0.15, 0.2) is 18.2 Å². The van der Waals surface area contributed by atoms with Crippen molar-refractivity contribution in [1.29, 1.82) is 0 Å². The zero-order valence-electron chi connectivity index (χ0n) is 12.2. The van der Waals surface area contributed by atoms with E-state index in [1.165, 1.54) is 11.7 Å². The van der Waals surface area contributed by atoms with E-state index in [0.717, 1.165) is 29.4 Å². The molecule has 1 saturated carbocycles. The van der Waals surface area contributed by atoms with Crippen molar-refractivity contribution >= 4 is 28.7 Å². The lowest BCUT2D eigenvalue weighted by molar-refractivity contribution is -0.134. The molecule has 1 amide bonds. The Kier molecular flexibility index (Phi) is 3.67. The fourth-order valence-electron chi connectivity index (χ4n) is 2.49. The molecule has 1 aromatic carbocycles. The van der Waals surface area contributed by atoms with Crippen molar-refractivity contribution in [2.45, 2.75) is 44.8 Å². The van der Waals surface area contributed by atoms with E-state index in [4.69, 9.17) is 0 Å².